The van der Waals surface area contributed by atoms with E-state index in [9.17, 15) is 4.79 Å². The van der Waals surface area contributed by atoms with Crippen LogP contribution in [0.5, 0.6) is 5.75 Å². The highest BCUT2D eigenvalue weighted by molar-refractivity contribution is 5.87. The second-order valence-electron chi connectivity index (χ2n) is 10.0. The monoisotopic (exact) mass is 497 g/mol. The second-order valence-corrected chi connectivity index (χ2v) is 10.0. The third-order valence-electron chi connectivity index (χ3n) is 6.88. The van der Waals surface area contributed by atoms with Gasteiger partial charge in [-0.3, -0.25) is 9.48 Å². The van der Waals surface area contributed by atoms with Crippen LogP contribution >= 0.6 is 0 Å². The summed E-state index contributed by atoms with van der Waals surface area (Å²) in [6.45, 7) is 7.27. The molecule has 192 valence electrons. The number of aromatic nitrogens is 2. The molecule has 1 heterocycles. The highest BCUT2D eigenvalue weighted by Gasteiger charge is 2.24. The summed E-state index contributed by atoms with van der Waals surface area (Å²) in [5.41, 5.74) is 13.7. The third kappa shape index (κ3) is 5.54. The summed E-state index contributed by atoms with van der Waals surface area (Å²) in [4.78, 5) is 12.1. The van der Waals surface area contributed by atoms with E-state index < -0.39 is 0 Å². The minimum Gasteiger partial charge on any atom is -0.487 e. The number of carbonyl (C=O) groups excluding carboxylic acids is 1. The number of benzene rings is 3. The molecule has 37 heavy (non-hydrogen) atoms. The fourth-order valence-electron chi connectivity index (χ4n) is 4.84. The Morgan fingerprint density at radius 2 is 1.89 bits per heavy atom. The average Bonchev–Trinajstić information content (AvgIpc) is 3.69. The van der Waals surface area contributed by atoms with Crippen molar-refractivity contribution in [2.24, 2.45) is 5.73 Å². The number of fused-ring (bicyclic) bond motifs is 1. The van der Waals surface area contributed by atoms with Crippen molar-refractivity contribution in [1.82, 2.24) is 9.78 Å². The predicted octanol–water partition coefficient (Wildman–Crippen LogP) is 6.30. The minimum absolute atomic E-state index is 0.177. The van der Waals surface area contributed by atoms with Crippen LogP contribution in [0.3, 0.4) is 0 Å². The fourth-order valence-corrected chi connectivity index (χ4v) is 4.84. The smallest absolute Gasteiger partial charge is 0.310 e. The molecule has 0 spiro atoms. The summed E-state index contributed by atoms with van der Waals surface area (Å²) < 4.78 is 13.4. The maximum Gasteiger partial charge on any atom is 0.310 e. The Bertz CT molecular complexity index is 1420. The zero-order valence-electron chi connectivity index (χ0n) is 21.9. The molecule has 1 aliphatic carbocycles. The summed E-state index contributed by atoms with van der Waals surface area (Å²) >= 11 is 0. The SMILES string of the molecule is CCOC(=O)Cc1ccccc1OCc1nn(C(C)C)c2ccc(-c3cc(CN)cc(C4CC4)c3)cc12. The number of nitrogens with two attached hydrogens (primary N) is 1. The lowest BCUT2D eigenvalue weighted by atomic mass is 9.96. The molecule has 5 rings (SSSR count). The molecule has 6 nitrogen and oxygen atoms in total. The number of hydrogen-bond donors (Lipinski definition) is 1. The molecule has 1 aromatic heterocycles. The van der Waals surface area contributed by atoms with Crippen molar-refractivity contribution in [3.05, 3.63) is 83.0 Å². The molecular weight excluding hydrogens is 462 g/mol. The van der Waals surface area contributed by atoms with Gasteiger partial charge in [0.15, 0.2) is 0 Å². The maximum atomic E-state index is 12.1. The van der Waals surface area contributed by atoms with Crippen molar-refractivity contribution in [1.29, 1.82) is 0 Å². The zero-order valence-corrected chi connectivity index (χ0v) is 21.9. The molecule has 4 aromatic rings. The van der Waals surface area contributed by atoms with Gasteiger partial charge in [0, 0.05) is 23.5 Å². The quantitative estimate of drug-likeness (QED) is 0.260. The molecule has 1 fully saturated rings. The Morgan fingerprint density at radius 1 is 1.08 bits per heavy atom. The van der Waals surface area contributed by atoms with E-state index >= 15 is 0 Å². The average molecular weight is 498 g/mol. The standard InChI is InChI=1S/C31H35N3O3/c1-4-36-31(35)17-24-7-5-6-8-30(24)37-19-28-27-16-23(11-12-29(27)34(33-28)20(2)3)26-14-21(18-32)13-25(15-26)22-9-10-22/h5-8,11-16,20,22H,4,9-10,17-19,32H2,1-3H3. The second kappa shape index (κ2) is 10.8. The number of carbonyl (C=O) groups is 1. The molecule has 0 aliphatic heterocycles. The molecule has 0 saturated heterocycles. The topological polar surface area (TPSA) is 79.4 Å². The Labute approximate surface area is 218 Å². The van der Waals surface area contributed by atoms with Gasteiger partial charge in [0.05, 0.1) is 18.5 Å². The van der Waals surface area contributed by atoms with Gasteiger partial charge < -0.3 is 15.2 Å². The van der Waals surface area contributed by atoms with Gasteiger partial charge in [-0.25, -0.2) is 0 Å². The first-order chi connectivity index (χ1) is 18.0. The van der Waals surface area contributed by atoms with Gasteiger partial charge in [0.25, 0.3) is 0 Å². The van der Waals surface area contributed by atoms with Gasteiger partial charge in [0.2, 0.25) is 0 Å². The van der Waals surface area contributed by atoms with Crippen molar-refractivity contribution in [2.45, 2.75) is 65.1 Å². The van der Waals surface area contributed by atoms with Crippen molar-refractivity contribution >= 4 is 16.9 Å². The molecule has 1 aliphatic rings. The maximum absolute atomic E-state index is 12.1. The molecule has 0 radical (unpaired) electrons. The van der Waals surface area contributed by atoms with Crippen molar-refractivity contribution in [3.63, 3.8) is 0 Å². The number of ether oxygens (including phenoxy) is 2. The number of hydrogen-bond acceptors (Lipinski definition) is 5. The van der Waals surface area contributed by atoms with E-state index in [1.54, 1.807) is 0 Å². The number of rotatable bonds is 10. The molecule has 0 bridgehead atoms. The van der Waals surface area contributed by atoms with Crippen LogP contribution < -0.4 is 10.5 Å². The molecule has 6 heteroatoms. The van der Waals surface area contributed by atoms with Gasteiger partial charge >= 0.3 is 5.97 Å². The van der Waals surface area contributed by atoms with E-state index in [0.717, 1.165) is 27.7 Å². The first-order valence-corrected chi connectivity index (χ1v) is 13.2. The van der Waals surface area contributed by atoms with E-state index in [-0.39, 0.29) is 18.4 Å². The van der Waals surface area contributed by atoms with Crippen LogP contribution in [0, 0.1) is 0 Å². The minimum atomic E-state index is -0.261. The van der Waals surface area contributed by atoms with Gasteiger partial charge in [-0.15, -0.1) is 0 Å². The Hall–Kier alpha value is -3.64. The Kier molecular flexibility index (Phi) is 7.28. The molecule has 0 amide bonds. The molecule has 0 atom stereocenters. The van der Waals surface area contributed by atoms with Crippen molar-refractivity contribution in [3.8, 4) is 16.9 Å². The number of nitrogens with zero attached hydrogens (tertiary/aromatic N) is 2. The molecule has 0 unspecified atom stereocenters. The first kappa shape index (κ1) is 25.0. The summed E-state index contributed by atoms with van der Waals surface area (Å²) in [5.74, 6) is 1.07. The van der Waals surface area contributed by atoms with Crippen LogP contribution in [0.4, 0.5) is 0 Å². The fraction of sp³-hybridized carbons (Fsp3) is 0.355. The molecule has 3 aromatic carbocycles. The van der Waals surface area contributed by atoms with Gasteiger partial charge in [-0.05, 0) is 86.1 Å². The van der Waals surface area contributed by atoms with Crippen molar-refractivity contribution in [2.75, 3.05) is 6.61 Å². The predicted molar refractivity (Wildman–Crippen MR) is 147 cm³/mol. The van der Waals surface area contributed by atoms with Crippen LogP contribution in [-0.4, -0.2) is 22.4 Å². The highest BCUT2D eigenvalue weighted by Crippen LogP contribution is 2.42. The highest BCUT2D eigenvalue weighted by atomic mass is 16.5. The first-order valence-electron chi connectivity index (χ1n) is 13.2. The zero-order chi connectivity index (χ0) is 25.9. The normalized spacial score (nSPS) is 13.3. The van der Waals surface area contributed by atoms with Crippen LogP contribution in [0.15, 0.2) is 60.7 Å². The summed E-state index contributed by atoms with van der Waals surface area (Å²) in [6.07, 6.45) is 2.69. The molecule has 2 N–H and O–H groups in total. The van der Waals surface area contributed by atoms with Crippen molar-refractivity contribution < 1.29 is 14.3 Å². The van der Waals surface area contributed by atoms with Crippen LogP contribution in [0.1, 0.15) is 68.0 Å². The Balaban J connectivity index is 1.48. The molecule has 1 saturated carbocycles. The summed E-state index contributed by atoms with van der Waals surface area (Å²) in [6, 6.07) is 21.1. The van der Waals surface area contributed by atoms with Gasteiger partial charge in [-0.1, -0.05) is 36.4 Å². The summed E-state index contributed by atoms with van der Waals surface area (Å²) in [7, 11) is 0. The van der Waals surface area contributed by atoms with E-state index in [1.807, 2.05) is 35.9 Å². The largest absolute Gasteiger partial charge is 0.487 e. The van der Waals surface area contributed by atoms with Gasteiger partial charge in [0.1, 0.15) is 18.1 Å². The van der Waals surface area contributed by atoms with E-state index in [2.05, 4.69) is 50.2 Å². The lowest BCUT2D eigenvalue weighted by Gasteiger charge is -2.11. The van der Waals surface area contributed by atoms with Gasteiger partial charge in [-0.2, -0.15) is 5.10 Å². The van der Waals surface area contributed by atoms with Crippen LogP contribution in [0.2, 0.25) is 0 Å². The van der Waals surface area contributed by atoms with E-state index in [0.29, 0.717) is 31.4 Å². The Morgan fingerprint density at radius 3 is 2.62 bits per heavy atom. The van der Waals surface area contributed by atoms with E-state index in [4.69, 9.17) is 20.3 Å². The lowest BCUT2D eigenvalue weighted by Crippen LogP contribution is -2.09. The van der Waals surface area contributed by atoms with E-state index in [1.165, 1.54) is 29.5 Å². The third-order valence-corrected chi connectivity index (χ3v) is 6.88. The molecular formula is C31H35N3O3. The number of para-hydroxylation sites is 1. The van der Waals surface area contributed by atoms with Crippen LogP contribution in [0.25, 0.3) is 22.0 Å². The van der Waals surface area contributed by atoms with Crippen LogP contribution in [-0.2, 0) is 29.1 Å². The number of esters is 1. The lowest BCUT2D eigenvalue weighted by molar-refractivity contribution is -0.142. The summed E-state index contributed by atoms with van der Waals surface area (Å²) in [5, 5.41) is 6.00.